The number of rotatable bonds is 8. The van der Waals surface area contributed by atoms with Crippen molar-refractivity contribution in [1.29, 1.82) is 0 Å². The molecule has 1 unspecified atom stereocenters. The summed E-state index contributed by atoms with van der Waals surface area (Å²) in [6.45, 7) is 9.36. The van der Waals surface area contributed by atoms with Crippen molar-refractivity contribution in [3.05, 3.63) is 66.4 Å². The maximum atomic E-state index is 14.5. The molecule has 0 bridgehead atoms. The van der Waals surface area contributed by atoms with Gasteiger partial charge in [-0.3, -0.25) is 0 Å². The van der Waals surface area contributed by atoms with Crippen molar-refractivity contribution >= 4 is 11.9 Å². The van der Waals surface area contributed by atoms with E-state index in [1.165, 1.54) is 6.07 Å². The summed E-state index contributed by atoms with van der Waals surface area (Å²) in [4.78, 5) is 24.9. The Morgan fingerprint density at radius 1 is 1.07 bits per heavy atom. The Morgan fingerprint density at radius 3 is 2.65 bits per heavy atom. The van der Waals surface area contributed by atoms with Gasteiger partial charge in [-0.1, -0.05) is 38.1 Å². The fourth-order valence-electron chi connectivity index (χ4n) is 7.45. The molecular formula is C34H42FN5O3. The predicted octanol–water partition coefficient (Wildman–Crippen LogP) is 6.93. The molecule has 1 aliphatic carbocycles. The van der Waals surface area contributed by atoms with Crippen LogP contribution in [0, 0.1) is 17.2 Å². The van der Waals surface area contributed by atoms with Crippen LogP contribution in [0.25, 0.3) is 11.1 Å². The summed E-state index contributed by atoms with van der Waals surface area (Å²) in [5.74, 6) is 2.55. The molecule has 2 saturated heterocycles. The first-order chi connectivity index (χ1) is 20.8. The van der Waals surface area contributed by atoms with E-state index in [1.54, 1.807) is 24.7 Å². The van der Waals surface area contributed by atoms with Gasteiger partial charge in [0.2, 0.25) is 0 Å². The Bertz CT molecular complexity index is 1440. The fraction of sp³-hybridized carbons (Fsp3) is 0.500. The Balaban J connectivity index is 1.14. The van der Waals surface area contributed by atoms with Gasteiger partial charge in [-0.05, 0) is 86.2 Å². The lowest BCUT2D eigenvalue weighted by molar-refractivity contribution is 0.172. The number of carboxylic acid groups (broad SMARTS) is 1. The van der Waals surface area contributed by atoms with E-state index in [9.17, 15) is 9.18 Å². The predicted molar refractivity (Wildman–Crippen MR) is 165 cm³/mol. The highest BCUT2D eigenvalue weighted by Crippen LogP contribution is 2.45. The summed E-state index contributed by atoms with van der Waals surface area (Å²) in [5, 5.41) is 11.7. The number of likely N-dealkylation sites (tertiary alicyclic amines) is 1. The Hall–Kier alpha value is -3.72. The number of nitrogens with zero attached hydrogens (tertiary/aromatic N) is 4. The summed E-state index contributed by atoms with van der Waals surface area (Å²) in [7, 11) is 0. The normalized spacial score (nSPS) is 24.1. The molecule has 1 amide bonds. The topological polar surface area (TPSA) is 90.8 Å². The first-order valence-corrected chi connectivity index (χ1v) is 15.6. The Kier molecular flexibility index (Phi) is 8.52. The van der Waals surface area contributed by atoms with E-state index >= 15 is 0 Å². The minimum atomic E-state index is -0.914. The van der Waals surface area contributed by atoms with Crippen LogP contribution < -0.4 is 15.0 Å². The number of amides is 1. The van der Waals surface area contributed by atoms with Gasteiger partial charge in [-0.25, -0.2) is 19.2 Å². The zero-order chi connectivity index (χ0) is 30.0. The zero-order valence-electron chi connectivity index (χ0n) is 25.1. The number of hydrogen-bond donors (Lipinski definition) is 2. The van der Waals surface area contributed by atoms with Crippen LogP contribution in [0.4, 0.5) is 15.0 Å². The van der Waals surface area contributed by atoms with Gasteiger partial charge in [0.25, 0.3) is 0 Å². The molecule has 6 rings (SSSR count). The van der Waals surface area contributed by atoms with Gasteiger partial charge in [0.05, 0.1) is 6.20 Å². The number of ether oxygens (including phenoxy) is 1. The third kappa shape index (κ3) is 6.61. The third-order valence-corrected chi connectivity index (χ3v) is 9.64. The first kappa shape index (κ1) is 29.4. The number of hydrogen-bond acceptors (Lipinski definition) is 6. The van der Waals surface area contributed by atoms with Crippen molar-refractivity contribution in [3.8, 4) is 22.6 Å². The maximum absolute atomic E-state index is 14.5. The molecule has 228 valence electrons. The summed E-state index contributed by atoms with van der Waals surface area (Å²) in [6, 6.07) is 12.9. The Morgan fingerprint density at radius 2 is 1.86 bits per heavy atom. The number of carbonyl (C=O) groups is 1. The third-order valence-electron chi connectivity index (χ3n) is 9.64. The van der Waals surface area contributed by atoms with Crippen LogP contribution >= 0.6 is 0 Å². The van der Waals surface area contributed by atoms with Crippen LogP contribution in [0.3, 0.4) is 0 Å². The van der Waals surface area contributed by atoms with E-state index in [4.69, 9.17) is 9.84 Å². The SMILES string of the molecule is CC(C)c1ccccc1-c1cc(F)ccc1Oc1cncnc1N1CCC2(CCN(CC3CCC(NC(=O)O)CC3)C2)C1. The van der Waals surface area contributed by atoms with Crippen LogP contribution in [0.2, 0.25) is 0 Å². The van der Waals surface area contributed by atoms with Gasteiger partial charge >= 0.3 is 6.09 Å². The summed E-state index contributed by atoms with van der Waals surface area (Å²) in [6.07, 6.45) is 8.65. The number of nitrogens with one attached hydrogen (secondary N) is 1. The second-order valence-corrected chi connectivity index (χ2v) is 13.0. The highest BCUT2D eigenvalue weighted by molar-refractivity contribution is 5.75. The van der Waals surface area contributed by atoms with Gasteiger partial charge in [0.15, 0.2) is 11.6 Å². The van der Waals surface area contributed by atoms with Crippen molar-refractivity contribution in [1.82, 2.24) is 20.2 Å². The van der Waals surface area contributed by atoms with Gasteiger partial charge < -0.3 is 25.0 Å². The minimum Gasteiger partial charge on any atom is -0.465 e. The quantitative estimate of drug-likeness (QED) is 0.295. The molecule has 1 spiro atoms. The van der Waals surface area contributed by atoms with Gasteiger partial charge in [-0.2, -0.15) is 0 Å². The van der Waals surface area contributed by atoms with Crippen LogP contribution in [0.15, 0.2) is 55.0 Å². The average Bonchev–Trinajstić information content (AvgIpc) is 3.60. The monoisotopic (exact) mass is 587 g/mol. The maximum Gasteiger partial charge on any atom is 0.404 e. The van der Waals surface area contributed by atoms with Crippen molar-refractivity contribution < 1.29 is 19.0 Å². The average molecular weight is 588 g/mol. The molecule has 1 atom stereocenters. The van der Waals surface area contributed by atoms with Crippen LogP contribution in [-0.4, -0.2) is 64.8 Å². The molecule has 1 aromatic heterocycles. The molecular weight excluding hydrogens is 545 g/mol. The minimum absolute atomic E-state index is 0.0993. The number of aromatic nitrogens is 2. The number of halogens is 1. The molecule has 0 radical (unpaired) electrons. The highest BCUT2D eigenvalue weighted by Gasteiger charge is 2.44. The summed E-state index contributed by atoms with van der Waals surface area (Å²) >= 11 is 0. The number of anilines is 1. The van der Waals surface area contributed by atoms with E-state index in [2.05, 4.69) is 45.0 Å². The standard InChI is InChI=1S/C34H42FN5O3/c1-23(2)27-5-3-4-6-28(27)29-17-25(35)9-12-30(29)43-31-18-36-22-37-32(31)40-16-14-34(21-40)13-15-39(20-34)19-24-7-10-26(11-8-24)38-33(41)42/h3-6,9,12,17-18,22-24,26,38H,7-8,10-11,13-16,19-21H2,1-2H3,(H,41,42). The van der Waals surface area contributed by atoms with Crippen molar-refractivity contribution in [3.63, 3.8) is 0 Å². The molecule has 2 aromatic carbocycles. The fourth-order valence-corrected chi connectivity index (χ4v) is 7.45. The molecule has 3 aliphatic rings. The van der Waals surface area contributed by atoms with Crippen molar-refractivity contribution in [2.24, 2.45) is 11.3 Å². The number of benzene rings is 2. The molecule has 3 fully saturated rings. The van der Waals surface area contributed by atoms with Crippen molar-refractivity contribution in [2.45, 2.75) is 64.3 Å². The van der Waals surface area contributed by atoms with Crippen molar-refractivity contribution in [2.75, 3.05) is 37.6 Å². The second-order valence-electron chi connectivity index (χ2n) is 13.0. The second kappa shape index (κ2) is 12.5. The highest BCUT2D eigenvalue weighted by atomic mass is 19.1. The van der Waals surface area contributed by atoms with E-state index < -0.39 is 6.09 Å². The van der Waals surface area contributed by atoms with E-state index in [0.29, 0.717) is 17.4 Å². The molecule has 9 heteroatoms. The lowest BCUT2D eigenvalue weighted by atomic mass is 9.85. The van der Waals surface area contributed by atoms with Gasteiger partial charge in [-0.15, -0.1) is 0 Å². The largest absolute Gasteiger partial charge is 0.465 e. The lowest BCUT2D eigenvalue weighted by Crippen LogP contribution is -2.39. The summed E-state index contributed by atoms with van der Waals surface area (Å²) in [5.41, 5.74) is 3.04. The molecule has 8 nitrogen and oxygen atoms in total. The molecule has 43 heavy (non-hydrogen) atoms. The van der Waals surface area contributed by atoms with Gasteiger partial charge in [0.1, 0.15) is 17.9 Å². The molecule has 1 saturated carbocycles. The molecule has 3 aromatic rings. The lowest BCUT2D eigenvalue weighted by Gasteiger charge is -2.32. The van der Waals surface area contributed by atoms with Gasteiger partial charge in [0, 0.05) is 43.2 Å². The van der Waals surface area contributed by atoms with E-state index in [-0.39, 0.29) is 23.2 Å². The van der Waals surface area contributed by atoms with E-state index in [0.717, 1.165) is 93.8 Å². The summed E-state index contributed by atoms with van der Waals surface area (Å²) < 4.78 is 21.0. The van der Waals surface area contributed by atoms with Crippen LogP contribution in [-0.2, 0) is 0 Å². The first-order valence-electron chi connectivity index (χ1n) is 15.6. The zero-order valence-corrected chi connectivity index (χ0v) is 25.1. The Labute approximate surface area is 253 Å². The molecule has 2 N–H and O–H groups in total. The van der Waals surface area contributed by atoms with E-state index in [1.807, 2.05) is 18.2 Å². The van der Waals surface area contributed by atoms with Crippen LogP contribution in [0.5, 0.6) is 11.5 Å². The smallest absolute Gasteiger partial charge is 0.404 e. The molecule has 2 aliphatic heterocycles. The van der Waals surface area contributed by atoms with Crippen LogP contribution in [0.1, 0.15) is 63.9 Å². The molecule has 3 heterocycles.